The molecule has 8 nitrogen and oxygen atoms in total. The number of rotatable bonds is 14. The Hall–Kier alpha value is -2.14. The fraction of sp³-hybridized carbons (Fsp3) is 0.500. The van der Waals surface area contributed by atoms with Crippen molar-refractivity contribution in [1.82, 2.24) is 15.0 Å². The van der Waals surface area contributed by atoms with Crippen LogP contribution < -0.4 is 19.5 Å². The van der Waals surface area contributed by atoms with Crippen molar-refractivity contribution in [2.24, 2.45) is 5.92 Å². The molecule has 11 heteroatoms. The smallest absolute Gasteiger partial charge is 0.279 e. The van der Waals surface area contributed by atoms with Crippen molar-refractivity contribution in [2.75, 3.05) is 13.2 Å². The number of benzene rings is 1. The number of aromatic nitrogens is 1. The topological polar surface area (TPSA) is 107 Å². The quantitative estimate of drug-likeness (QED) is 0.326. The van der Waals surface area contributed by atoms with Crippen molar-refractivity contribution in [2.45, 2.75) is 57.7 Å². The van der Waals surface area contributed by atoms with E-state index in [-0.39, 0.29) is 24.9 Å². The molecule has 3 rings (SSSR count). The van der Waals surface area contributed by atoms with E-state index in [9.17, 15) is 13.2 Å². The minimum absolute atomic E-state index is 0.140. The molecule has 1 aromatic heterocycles. The van der Waals surface area contributed by atoms with Crippen molar-refractivity contribution in [1.29, 1.82) is 0 Å². The van der Waals surface area contributed by atoms with Gasteiger partial charge in [0, 0.05) is 31.3 Å². The summed E-state index contributed by atoms with van der Waals surface area (Å²) in [6.07, 6.45) is 8.53. The normalized spacial score (nSPS) is 14.9. The number of thiazole rings is 1. The molecule has 1 aromatic carbocycles. The second-order valence-electron chi connectivity index (χ2n) is 8.78. The summed E-state index contributed by atoms with van der Waals surface area (Å²) in [4.78, 5) is 17.2. The predicted octanol–water partition coefficient (Wildman–Crippen LogP) is 5.00. The number of halogens is 1. The minimum atomic E-state index is -3.31. The Morgan fingerprint density at radius 3 is 2.77 bits per heavy atom. The van der Waals surface area contributed by atoms with E-state index >= 15 is 0 Å². The lowest BCUT2D eigenvalue weighted by atomic mass is 10.2. The van der Waals surface area contributed by atoms with Crippen LogP contribution in [0.25, 0.3) is 6.08 Å². The number of carbonyl (C=O) groups is 1. The van der Waals surface area contributed by atoms with E-state index in [1.807, 2.05) is 25.1 Å². The number of amides is 1. The van der Waals surface area contributed by atoms with E-state index < -0.39 is 15.3 Å². The van der Waals surface area contributed by atoms with E-state index in [1.165, 1.54) is 24.2 Å². The summed E-state index contributed by atoms with van der Waals surface area (Å²) >= 11 is 7.69. The summed E-state index contributed by atoms with van der Waals surface area (Å²) in [5.74, 6) is 1.76. The first-order valence-electron chi connectivity index (χ1n) is 11.6. The van der Waals surface area contributed by atoms with Gasteiger partial charge < -0.3 is 14.8 Å². The zero-order chi connectivity index (χ0) is 25.4. The van der Waals surface area contributed by atoms with Crippen LogP contribution in [0.5, 0.6) is 16.7 Å². The maximum Gasteiger partial charge on any atom is 0.279 e. The number of sulfonamides is 1. The molecule has 1 fully saturated rings. The van der Waals surface area contributed by atoms with Gasteiger partial charge in [0.25, 0.3) is 5.19 Å². The molecule has 35 heavy (non-hydrogen) atoms. The molecule has 2 aromatic rings. The van der Waals surface area contributed by atoms with Gasteiger partial charge in [-0.05, 0) is 64.2 Å². The molecular formula is C24H32ClN3O5S2. The SMILES string of the molecule is CC(C)S(=O)(=O)NCCCC(=O)N[C@@H](C)/C=C/c1cnc(Oc2ccc(OCC3CC3)cc2Cl)s1. The number of carbonyl (C=O) groups excluding carboxylic acids is 1. The standard InChI is InChI=1S/C24H32ClN3O5S2/c1-16(2)35(30,31)27-12-4-5-23(29)28-17(3)6-10-20-14-26-24(34-20)33-22-11-9-19(13-21(22)25)32-15-18-7-8-18/h6,9-11,13-14,16-18,27H,4-5,7-8,12,15H2,1-3H3,(H,28,29)/b10-6+/t17-/m0/s1. The maximum atomic E-state index is 12.1. The van der Waals surface area contributed by atoms with E-state index in [0.29, 0.717) is 28.3 Å². The number of ether oxygens (including phenoxy) is 2. The molecule has 0 unspecified atom stereocenters. The van der Waals surface area contributed by atoms with Crippen molar-refractivity contribution in [3.63, 3.8) is 0 Å². The molecule has 1 atom stereocenters. The van der Waals surface area contributed by atoms with Crippen LogP contribution in [0.15, 0.2) is 30.5 Å². The highest BCUT2D eigenvalue weighted by molar-refractivity contribution is 7.90. The zero-order valence-electron chi connectivity index (χ0n) is 20.1. The lowest BCUT2D eigenvalue weighted by Gasteiger charge is -2.11. The average molecular weight is 542 g/mol. The number of hydrogen-bond acceptors (Lipinski definition) is 7. The van der Waals surface area contributed by atoms with E-state index in [2.05, 4.69) is 15.0 Å². The van der Waals surface area contributed by atoms with Crippen LogP contribution in [0.4, 0.5) is 0 Å². The van der Waals surface area contributed by atoms with Gasteiger partial charge in [-0.25, -0.2) is 18.1 Å². The Balaban J connectivity index is 1.41. The Morgan fingerprint density at radius 1 is 1.31 bits per heavy atom. The fourth-order valence-corrected chi connectivity index (χ4v) is 4.55. The third kappa shape index (κ3) is 9.44. The zero-order valence-corrected chi connectivity index (χ0v) is 22.5. The van der Waals surface area contributed by atoms with Gasteiger partial charge in [-0.15, -0.1) is 0 Å². The summed E-state index contributed by atoms with van der Waals surface area (Å²) in [5, 5.41) is 3.29. The fourth-order valence-electron chi connectivity index (χ4n) is 2.88. The number of nitrogens with zero attached hydrogens (tertiary/aromatic N) is 1. The minimum Gasteiger partial charge on any atom is -0.493 e. The molecular weight excluding hydrogens is 510 g/mol. The van der Waals surface area contributed by atoms with Gasteiger partial charge in [0.15, 0.2) is 0 Å². The summed E-state index contributed by atoms with van der Waals surface area (Å²) in [5.41, 5.74) is 0. The van der Waals surface area contributed by atoms with E-state index in [4.69, 9.17) is 21.1 Å². The van der Waals surface area contributed by atoms with Crippen LogP contribution in [0.3, 0.4) is 0 Å². The molecule has 1 aliphatic rings. The largest absolute Gasteiger partial charge is 0.493 e. The highest BCUT2D eigenvalue weighted by Crippen LogP contribution is 2.35. The molecule has 1 amide bonds. The molecule has 0 aliphatic heterocycles. The van der Waals surface area contributed by atoms with Gasteiger partial charge in [0.2, 0.25) is 15.9 Å². The van der Waals surface area contributed by atoms with Crippen LogP contribution in [0.1, 0.15) is 51.3 Å². The Labute approximate surface area is 216 Å². The van der Waals surface area contributed by atoms with Crippen molar-refractivity contribution in [3.8, 4) is 16.7 Å². The first-order valence-corrected chi connectivity index (χ1v) is 14.4. The number of nitrogens with one attached hydrogen (secondary N) is 2. The molecule has 0 saturated heterocycles. The molecule has 1 saturated carbocycles. The average Bonchev–Trinajstić information content (AvgIpc) is 3.52. The third-order valence-electron chi connectivity index (χ3n) is 5.23. The Bertz CT molecular complexity index is 1130. The highest BCUT2D eigenvalue weighted by atomic mass is 35.5. The molecule has 0 spiro atoms. The summed E-state index contributed by atoms with van der Waals surface area (Å²) in [6, 6.07) is 5.16. The highest BCUT2D eigenvalue weighted by Gasteiger charge is 2.22. The Kier molecular flexibility index (Phi) is 9.97. The van der Waals surface area contributed by atoms with Crippen LogP contribution >= 0.6 is 22.9 Å². The Morgan fingerprint density at radius 2 is 2.09 bits per heavy atom. The third-order valence-corrected chi connectivity index (χ3v) is 8.21. The van der Waals surface area contributed by atoms with Gasteiger partial charge in [0.05, 0.1) is 21.8 Å². The maximum absolute atomic E-state index is 12.1. The van der Waals surface area contributed by atoms with Crippen LogP contribution in [-0.4, -0.2) is 43.8 Å². The summed E-state index contributed by atoms with van der Waals surface area (Å²) < 4.78 is 37.5. The lowest BCUT2D eigenvalue weighted by Crippen LogP contribution is -2.34. The molecule has 0 bridgehead atoms. The molecule has 1 aliphatic carbocycles. The van der Waals surface area contributed by atoms with Crippen LogP contribution in [0.2, 0.25) is 5.02 Å². The van der Waals surface area contributed by atoms with Gasteiger partial charge in [0.1, 0.15) is 11.5 Å². The monoisotopic (exact) mass is 541 g/mol. The van der Waals surface area contributed by atoms with Gasteiger partial charge in [-0.2, -0.15) is 0 Å². The lowest BCUT2D eigenvalue weighted by molar-refractivity contribution is -0.121. The van der Waals surface area contributed by atoms with Crippen molar-refractivity contribution in [3.05, 3.63) is 40.4 Å². The van der Waals surface area contributed by atoms with Crippen LogP contribution in [-0.2, 0) is 14.8 Å². The summed E-state index contributed by atoms with van der Waals surface area (Å²) in [7, 11) is -3.31. The first kappa shape index (κ1) is 27.4. The van der Waals surface area contributed by atoms with Gasteiger partial charge in [-0.3, -0.25) is 4.79 Å². The second kappa shape index (κ2) is 12.7. The second-order valence-corrected chi connectivity index (χ2v) is 12.5. The molecule has 1 heterocycles. The van der Waals surface area contributed by atoms with E-state index in [1.54, 1.807) is 32.2 Å². The molecule has 2 N–H and O–H groups in total. The van der Waals surface area contributed by atoms with E-state index in [0.717, 1.165) is 17.2 Å². The van der Waals surface area contributed by atoms with Crippen molar-refractivity contribution >= 4 is 44.9 Å². The predicted molar refractivity (Wildman–Crippen MR) is 140 cm³/mol. The number of hydrogen-bond donors (Lipinski definition) is 2. The first-order chi connectivity index (χ1) is 16.6. The van der Waals surface area contributed by atoms with Crippen LogP contribution in [0, 0.1) is 5.92 Å². The van der Waals surface area contributed by atoms with Gasteiger partial charge >= 0.3 is 0 Å². The molecule has 0 radical (unpaired) electrons. The van der Waals surface area contributed by atoms with Crippen molar-refractivity contribution < 1.29 is 22.7 Å². The van der Waals surface area contributed by atoms with Gasteiger partial charge in [-0.1, -0.05) is 29.0 Å². The molecule has 192 valence electrons. The summed E-state index contributed by atoms with van der Waals surface area (Å²) in [6.45, 7) is 6.04.